The van der Waals surface area contributed by atoms with Gasteiger partial charge in [0, 0.05) is 28.1 Å². The molecule has 0 unspecified atom stereocenters. The first-order valence-corrected chi connectivity index (χ1v) is 10.4. The van der Waals surface area contributed by atoms with Crippen molar-refractivity contribution in [1.29, 1.82) is 0 Å². The van der Waals surface area contributed by atoms with E-state index in [0.717, 1.165) is 16.0 Å². The Balaban J connectivity index is 1.68. The molecule has 0 bridgehead atoms. The van der Waals surface area contributed by atoms with Crippen molar-refractivity contribution < 1.29 is 4.79 Å². The van der Waals surface area contributed by atoms with Gasteiger partial charge >= 0.3 is 0 Å². The van der Waals surface area contributed by atoms with Crippen molar-refractivity contribution in [2.24, 2.45) is 0 Å². The summed E-state index contributed by atoms with van der Waals surface area (Å²) < 4.78 is 0. The van der Waals surface area contributed by atoms with Crippen molar-refractivity contribution in [3.05, 3.63) is 113 Å². The second kappa shape index (κ2) is 11.2. The van der Waals surface area contributed by atoms with Crippen LogP contribution in [0.1, 0.15) is 11.1 Å². The number of thioether (sulfide) groups is 1. The van der Waals surface area contributed by atoms with Crippen LogP contribution in [-0.4, -0.2) is 17.4 Å². The van der Waals surface area contributed by atoms with E-state index in [1.54, 1.807) is 11.0 Å². The van der Waals surface area contributed by atoms with Crippen molar-refractivity contribution in [3.63, 3.8) is 0 Å². The van der Waals surface area contributed by atoms with E-state index in [-0.39, 0.29) is 5.91 Å². The summed E-state index contributed by atoms with van der Waals surface area (Å²) in [6, 6.07) is 27.2. The van der Waals surface area contributed by atoms with Crippen LogP contribution in [0, 0.1) is 11.8 Å². The maximum absolute atomic E-state index is 12.8. The third-order valence-corrected chi connectivity index (χ3v) is 5.10. The van der Waals surface area contributed by atoms with Crippen LogP contribution >= 0.6 is 23.4 Å². The first-order valence-electron chi connectivity index (χ1n) is 9.16. The van der Waals surface area contributed by atoms with Gasteiger partial charge in [-0.2, -0.15) is 0 Å². The topological polar surface area (TPSA) is 20.3 Å². The van der Waals surface area contributed by atoms with Gasteiger partial charge in [-0.15, -0.1) is 0 Å². The Morgan fingerprint density at radius 3 is 2.28 bits per heavy atom. The number of carbonyl (C=O) groups is 1. The molecule has 3 aromatic rings. The standard InChI is InChI=1S/C25H20ClNOS/c26-23-15-13-21(14-16-23)10-7-18-27(20-22-8-3-1-4-9-22)25(28)17-19-29-24-11-5-2-6-12-24/h1-6,8-9,11-17,19H,18,20H2/b19-17+. The lowest BCUT2D eigenvalue weighted by Crippen LogP contribution is -2.29. The fraction of sp³-hybridized carbons (Fsp3) is 0.0800. The van der Waals surface area contributed by atoms with Gasteiger partial charge < -0.3 is 4.90 Å². The van der Waals surface area contributed by atoms with E-state index in [2.05, 4.69) is 11.8 Å². The molecule has 2 nitrogen and oxygen atoms in total. The van der Waals surface area contributed by atoms with Gasteiger partial charge in [-0.05, 0) is 47.4 Å². The van der Waals surface area contributed by atoms with E-state index in [1.165, 1.54) is 11.8 Å². The highest BCUT2D eigenvalue weighted by Gasteiger charge is 2.10. The molecule has 3 aromatic carbocycles. The molecule has 0 aliphatic rings. The first kappa shape index (κ1) is 20.8. The quantitative estimate of drug-likeness (QED) is 0.277. The van der Waals surface area contributed by atoms with Gasteiger partial charge in [-0.25, -0.2) is 0 Å². The molecule has 3 rings (SSSR count). The van der Waals surface area contributed by atoms with Crippen molar-refractivity contribution in [2.75, 3.05) is 6.54 Å². The summed E-state index contributed by atoms with van der Waals surface area (Å²) in [5.74, 6) is 6.13. The first-order chi connectivity index (χ1) is 14.2. The van der Waals surface area contributed by atoms with Gasteiger partial charge in [0.1, 0.15) is 0 Å². The fourth-order valence-electron chi connectivity index (χ4n) is 2.56. The number of rotatable bonds is 6. The minimum atomic E-state index is -0.0670. The summed E-state index contributed by atoms with van der Waals surface area (Å²) in [5, 5.41) is 2.50. The van der Waals surface area contributed by atoms with E-state index in [1.807, 2.05) is 90.3 Å². The van der Waals surface area contributed by atoms with Gasteiger partial charge in [-0.1, -0.05) is 83.7 Å². The summed E-state index contributed by atoms with van der Waals surface area (Å²) >= 11 is 7.43. The number of nitrogens with zero attached hydrogens (tertiary/aromatic N) is 1. The van der Waals surface area contributed by atoms with Crippen LogP contribution in [0.15, 0.2) is 101 Å². The molecule has 0 atom stereocenters. The molecule has 0 N–H and O–H groups in total. The van der Waals surface area contributed by atoms with E-state index in [9.17, 15) is 4.79 Å². The van der Waals surface area contributed by atoms with E-state index in [0.29, 0.717) is 18.1 Å². The van der Waals surface area contributed by atoms with Gasteiger partial charge in [0.05, 0.1) is 6.54 Å². The Bertz CT molecular complexity index is 1010. The zero-order chi connectivity index (χ0) is 20.3. The normalized spacial score (nSPS) is 10.4. The third kappa shape index (κ3) is 7.19. The molecule has 0 aliphatic carbocycles. The van der Waals surface area contributed by atoms with Crippen LogP contribution in [0.3, 0.4) is 0 Å². The summed E-state index contributed by atoms with van der Waals surface area (Å²) in [6.45, 7) is 0.853. The molecule has 29 heavy (non-hydrogen) atoms. The van der Waals surface area contributed by atoms with Crippen LogP contribution in [0.2, 0.25) is 5.02 Å². The average Bonchev–Trinajstić information content (AvgIpc) is 2.76. The Hall–Kier alpha value is -2.93. The third-order valence-electron chi connectivity index (χ3n) is 4.03. The maximum Gasteiger partial charge on any atom is 0.248 e. The molecule has 1 amide bonds. The Kier molecular flexibility index (Phi) is 8.01. The van der Waals surface area contributed by atoms with Gasteiger partial charge in [0.25, 0.3) is 0 Å². The number of carbonyl (C=O) groups excluding carboxylic acids is 1. The lowest BCUT2D eigenvalue weighted by Gasteiger charge is -2.18. The summed E-state index contributed by atoms with van der Waals surface area (Å²) in [7, 11) is 0. The number of amides is 1. The fourth-order valence-corrected chi connectivity index (χ4v) is 3.34. The zero-order valence-electron chi connectivity index (χ0n) is 15.8. The van der Waals surface area contributed by atoms with E-state index >= 15 is 0 Å². The van der Waals surface area contributed by atoms with Gasteiger partial charge in [0.15, 0.2) is 0 Å². The number of hydrogen-bond donors (Lipinski definition) is 0. The molecule has 0 spiro atoms. The van der Waals surface area contributed by atoms with Crippen LogP contribution < -0.4 is 0 Å². The molecular weight excluding hydrogens is 398 g/mol. The van der Waals surface area contributed by atoms with Gasteiger partial charge in [0.2, 0.25) is 5.91 Å². The van der Waals surface area contributed by atoms with E-state index in [4.69, 9.17) is 11.6 Å². The Morgan fingerprint density at radius 1 is 0.931 bits per heavy atom. The molecule has 0 aliphatic heterocycles. The Labute approximate surface area is 181 Å². The molecular formula is C25H20ClNOS. The predicted octanol–water partition coefficient (Wildman–Crippen LogP) is 6.03. The van der Waals surface area contributed by atoms with Crippen molar-refractivity contribution >= 4 is 29.3 Å². The molecule has 0 radical (unpaired) electrons. The second-order valence-electron chi connectivity index (χ2n) is 6.22. The van der Waals surface area contributed by atoms with Crippen LogP contribution in [0.25, 0.3) is 0 Å². The highest BCUT2D eigenvalue weighted by Crippen LogP contribution is 2.18. The summed E-state index contributed by atoms with van der Waals surface area (Å²) in [4.78, 5) is 15.6. The lowest BCUT2D eigenvalue weighted by molar-refractivity contribution is -0.126. The smallest absolute Gasteiger partial charge is 0.248 e. The lowest BCUT2D eigenvalue weighted by atomic mass is 10.2. The Morgan fingerprint density at radius 2 is 1.59 bits per heavy atom. The zero-order valence-corrected chi connectivity index (χ0v) is 17.4. The van der Waals surface area contributed by atoms with Crippen molar-refractivity contribution in [2.45, 2.75) is 11.4 Å². The van der Waals surface area contributed by atoms with Gasteiger partial charge in [-0.3, -0.25) is 4.79 Å². The molecule has 0 heterocycles. The summed E-state index contributed by atoms with van der Waals surface area (Å²) in [6.07, 6.45) is 1.60. The number of halogens is 1. The molecule has 4 heteroatoms. The SMILES string of the molecule is O=C(/C=C/Sc1ccccc1)N(CC#Cc1ccc(Cl)cc1)Cc1ccccc1. The largest absolute Gasteiger partial charge is 0.324 e. The average molecular weight is 418 g/mol. The minimum absolute atomic E-state index is 0.0670. The molecule has 144 valence electrons. The monoisotopic (exact) mass is 417 g/mol. The number of benzene rings is 3. The van der Waals surface area contributed by atoms with Crippen LogP contribution in [-0.2, 0) is 11.3 Å². The van der Waals surface area contributed by atoms with Crippen molar-refractivity contribution in [1.82, 2.24) is 4.90 Å². The molecule has 0 fully saturated rings. The van der Waals surface area contributed by atoms with Crippen molar-refractivity contribution in [3.8, 4) is 11.8 Å². The second-order valence-corrected chi connectivity index (χ2v) is 7.64. The minimum Gasteiger partial charge on any atom is -0.324 e. The highest BCUT2D eigenvalue weighted by atomic mass is 35.5. The van der Waals surface area contributed by atoms with Crippen LogP contribution in [0.4, 0.5) is 0 Å². The molecule has 0 aromatic heterocycles. The maximum atomic E-state index is 12.8. The van der Waals surface area contributed by atoms with Crippen LogP contribution in [0.5, 0.6) is 0 Å². The molecule has 0 saturated carbocycles. The highest BCUT2D eigenvalue weighted by molar-refractivity contribution is 8.02. The summed E-state index contributed by atoms with van der Waals surface area (Å²) in [5.41, 5.74) is 1.94. The number of hydrogen-bond acceptors (Lipinski definition) is 2. The van der Waals surface area contributed by atoms with E-state index < -0.39 is 0 Å². The predicted molar refractivity (Wildman–Crippen MR) is 122 cm³/mol. The molecule has 0 saturated heterocycles.